The number of hydrogen-bond donors (Lipinski definition) is 2. The molecule has 4 nitrogen and oxygen atoms in total. The van der Waals surface area contributed by atoms with Crippen molar-refractivity contribution in [1.82, 2.24) is 5.32 Å². The second-order valence-electron chi connectivity index (χ2n) is 3.58. The summed E-state index contributed by atoms with van der Waals surface area (Å²) < 4.78 is 36.0. The van der Waals surface area contributed by atoms with E-state index < -0.39 is 18.8 Å². The monoisotopic (exact) mass is 261 g/mol. The predicted molar refractivity (Wildman–Crippen MR) is 63.3 cm³/mol. The first-order valence-electron chi connectivity index (χ1n) is 5.31. The number of halogens is 3. The Morgan fingerprint density at radius 2 is 2.00 bits per heavy atom. The fourth-order valence-electron chi connectivity index (χ4n) is 1.43. The summed E-state index contributed by atoms with van der Waals surface area (Å²) >= 11 is 0. The van der Waals surface area contributed by atoms with E-state index in [-0.39, 0.29) is 6.54 Å². The lowest BCUT2D eigenvalue weighted by molar-refractivity contribution is -0.122. The van der Waals surface area contributed by atoms with Crippen LogP contribution >= 0.6 is 0 Å². The summed E-state index contributed by atoms with van der Waals surface area (Å²) in [6.45, 7) is 0.507. The van der Waals surface area contributed by atoms with Crippen molar-refractivity contribution in [3.05, 3.63) is 24.3 Å². The minimum atomic E-state index is -4.43. The number of urea groups is 1. The maximum atomic E-state index is 12.0. The van der Waals surface area contributed by atoms with Gasteiger partial charge in [-0.2, -0.15) is 13.2 Å². The van der Waals surface area contributed by atoms with Gasteiger partial charge in [0.2, 0.25) is 0 Å². The number of nitrogens with two attached hydrogens (primary N) is 1. The van der Waals surface area contributed by atoms with Gasteiger partial charge in [0.15, 0.2) is 0 Å². The number of carbonyl (C=O) groups excluding carboxylic acids is 1. The lowest BCUT2D eigenvalue weighted by atomic mass is 10.2. The van der Waals surface area contributed by atoms with Gasteiger partial charge in [-0.3, -0.25) is 4.90 Å². The number of benzene rings is 1. The standard InChI is InChI=1S/C11H14F3N3O/c1-2-17(9-6-4-3-5-8(9)15)10(18)16-7-11(12,13)14/h3-6H,2,7,15H2,1H3,(H,16,18). The molecular weight excluding hydrogens is 247 g/mol. The van der Waals surface area contributed by atoms with E-state index in [0.29, 0.717) is 11.4 Å². The highest BCUT2D eigenvalue weighted by Gasteiger charge is 2.29. The number of nitrogens with zero attached hydrogens (tertiary/aromatic N) is 1. The van der Waals surface area contributed by atoms with E-state index >= 15 is 0 Å². The second kappa shape index (κ2) is 5.61. The van der Waals surface area contributed by atoms with Gasteiger partial charge in [-0.1, -0.05) is 12.1 Å². The van der Waals surface area contributed by atoms with Crippen LogP contribution in [0.3, 0.4) is 0 Å². The highest BCUT2D eigenvalue weighted by molar-refractivity contribution is 5.95. The SMILES string of the molecule is CCN(C(=O)NCC(F)(F)F)c1ccccc1N. The maximum absolute atomic E-state index is 12.0. The molecule has 0 bridgehead atoms. The first kappa shape index (κ1) is 14.1. The predicted octanol–water partition coefficient (Wildman–Crippen LogP) is 2.37. The van der Waals surface area contributed by atoms with E-state index in [1.54, 1.807) is 36.5 Å². The van der Waals surface area contributed by atoms with Gasteiger partial charge in [-0.25, -0.2) is 4.79 Å². The molecule has 0 fully saturated rings. The number of rotatable bonds is 3. The van der Waals surface area contributed by atoms with Gasteiger partial charge in [-0.05, 0) is 19.1 Å². The Balaban J connectivity index is 2.78. The number of alkyl halides is 3. The molecule has 0 heterocycles. The largest absolute Gasteiger partial charge is 0.405 e. The molecule has 100 valence electrons. The summed E-state index contributed by atoms with van der Waals surface area (Å²) in [5, 5.41) is 1.81. The summed E-state index contributed by atoms with van der Waals surface area (Å²) in [6, 6.07) is 5.67. The Morgan fingerprint density at radius 3 is 2.50 bits per heavy atom. The van der Waals surface area contributed by atoms with Crippen LogP contribution in [0, 0.1) is 0 Å². The van der Waals surface area contributed by atoms with Gasteiger partial charge in [0.1, 0.15) is 6.54 Å². The van der Waals surface area contributed by atoms with Gasteiger partial charge >= 0.3 is 12.2 Å². The van der Waals surface area contributed by atoms with Crippen molar-refractivity contribution < 1.29 is 18.0 Å². The molecule has 0 aromatic heterocycles. The Labute approximate surface area is 103 Å². The van der Waals surface area contributed by atoms with Gasteiger partial charge in [0, 0.05) is 6.54 Å². The first-order valence-corrected chi connectivity index (χ1v) is 5.31. The molecular formula is C11H14F3N3O. The smallest absolute Gasteiger partial charge is 0.397 e. The Kier molecular flexibility index (Phi) is 4.41. The van der Waals surface area contributed by atoms with Gasteiger partial charge in [-0.15, -0.1) is 0 Å². The number of anilines is 2. The van der Waals surface area contributed by atoms with E-state index in [0.717, 1.165) is 4.90 Å². The van der Waals surface area contributed by atoms with Gasteiger partial charge in [0.25, 0.3) is 0 Å². The molecule has 0 unspecified atom stereocenters. The van der Waals surface area contributed by atoms with Crippen molar-refractivity contribution in [2.45, 2.75) is 13.1 Å². The number of nitrogens with one attached hydrogen (secondary N) is 1. The Morgan fingerprint density at radius 1 is 1.39 bits per heavy atom. The molecule has 0 radical (unpaired) electrons. The van der Waals surface area contributed by atoms with E-state index in [1.165, 1.54) is 0 Å². The zero-order chi connectivity index (χ0) is 13.8. The molecule has 0 aliphatic heterocycles. The number of amides is 2. The minimum Gasteiger partial charge on any atom is -0.397 e. The van der Waals surface area contributed by atoms with Crippen LogP contribution in [0.4, 0.5) is 29.3 Å². The molecule has 0 atom stereocenters. The van der Waals surface area contributed by atoms with Crippen molar-refractivity contribution >= 4 is 17.4 Å². The molecule has 7 heteroatoms. The summed E-state index contributed by atoms with van der Waals surface area (Å²) in [5.41, 5.74) is 6.40. The van der Waals surface area contributed by atoms with Crippen LogP contribution in [-0.4, -0.2) is 25.3 Å². The molecule has 0 saturated heterocycles. The third-order valence-corrected chi connectivity index (χ3v) is 2.23. The normalized spacial score (nSPS) is 11.1. The molecule has 3 N–H and O–H groups in total. The summed E-state index contributed by atoms with van der Waals surface area (Å²) in [7, 11) is 0. The fourth-order valence-corrected chi connectivity index (χ4v) is 1.43. The Hall–Kier alpha value is -1.92. The van der Waals surface area contributed by atoms with Crippen LogP contribution < -0.4 is 16.0 Å². The van der Waals surface area contributed by atoms with Crippen LogP contribution in [0.2, 0.25) is 0 Å². The van der Waals surface area contributed by atoms with Crippen molar-refractivity contribution in [3.8, 4) is 0 Å². The summed E-state index contributed by atoms with van der Waals surface area (Å²) in [4.78, 5) is 12.8. The van der Waals surface area contributed by atoms with Gasteiger partial charge in [0.05, 0.1) is 11.4 Å². The third-order valence-electron chi connectivity index (χ3n) is 2.23. The van der Waals surface area contributed by atoms with Crippen LogP contribution in [0.15, 0.2) is 24.3 Å². The average molecular weight is 261 g/mol. The lowest BCUT2D eigenvalue weighted by Crippen LogP contribution is -2.44. The van der Waals surface area contributed by atoms with Crippen molar-refractivity contribution in [3.63, 3.8) is 0 Å². The van der Waals surface area contributed by atoms with E-state index in [4.69, 9.17) is 5.73 Å². The second-order valence-corrected chi connectivity index (χ2v) is 3.58. The molecule has 0 saturated carbocycles. The van der Waals surface area contributed by atoms with E-state index in [1.807, 2.05) is 0 Å². The van der Waals surface area contributed by atoms with Crippen LogP contribution in [0.5, 0.6) is 0 Å². The Bertz CT molecular complexity index is 420. The van der Waals surface area contributed by atoms with Crippen LogP contribution in [-0.2, 0) is 0 Å². The topological polar surface area (TPSA) is 58.4 Å². The number of carbonyl (C=O) groups is 1. The minimum absolute atomic E-state index is 0.220. The summed E-state index contributed by atoms with van der Waals surface area (Å²) in [6.07, 6.45) is -4.43. The molecule has 18 heavy (non-hydrogen) atoms. The van der Waals surface area contributed by atoms with Crippen LogP contribution in [0.1, 0.15) is 6.92 Å². The quantitative estimate of drug-likeness (QED) is 0.821. The number of hydrogen-bond acceptors (Lipinski definition) is 2. The zero-order valence-electron chi connectivity index (χ0n) is 9.79. The van der Waals surface area contributed by atoms with E-state index in [9.17, 15) is 18.0 Å². The first-order chi connectivity index (χ1) is 8.35. The van der Waals surface area contributed by atoms with Crippen LogP contribution in [0.25, 0.3) is 0 Å². The summed E-state index contributed by atoms with van der Waals surface area (Å²) in [5.74, 6) is 0. The molecule has 1 aromatic rings. The molecule has 1 aromatic carbocycles. The highest BCUT2D eigenvalue weighted by atomic mass is 19.4. The molecule has 0 aliphatic rings. The van der Waals surface area contributed by atoms with E-state index in [2.05, 4.69) is 0 Å². The lowest BCUT2D eigenvalue weighted by Gasteiger charge is -2.23. The van der Waals surface area contributed by atoms with Gasteiger partial charge < -0.3 is 11.1 Å². The zero-order valence-corrected chi connectivity index (χ0v) is 9.79. The maximum Gasteiger partial charge on any atom is 0.405 e. The van der Waals surface area contributed by atoms with Crippen molar-refractivity contribution in [2.75, 3.05) is 23.7 Å². The molecule has 2 amide bonds. The molecule has 0 spiro atoms. The average Bonchev–Trinajstić information content (AvgIpc) is 2.29. The highest BCUT2D eigenvalue weighted by Crippen LogP contribution is 2.22. The van der Waals surface area contributed by atoms with Crippen molar-refractivity contribution in [2.24, 2.45) is 0 Å². The molecule has 1 rings (SSSR count). The fraction of sp³-hybridized carbons (Fsp3) is 0.364. The third kappa shape index (κ3) is 3.83. The number of para-hydroxylation sites is 2. The number of nitrogen functional groups attached to an aromatic ring is 1. The molecule has 0 aliphatic carbocycles. The van der Waals surface area contributed by atoms with Crippen molar-refractivity contribution in [1.29, 1.82) is 0 Å².